The number of para-hydroxylation sites is 1. The Kier molecular flexibility index (Phi) is 4.21. The first-order valence-electron chi connectivity index (χ1n) is 6.03. The standard InChI is InChI=1S/C13H17N3O2S/c1-19(18)7-3-6-15-13(17)11-8-9-4-2-5-10(14)12(9)16-11/h2,4-5,8,16H,3,6-7,14H2,1H3,(H,15,17). The van der Waals surface area contributed by atoms with Crippen molar-refractivity contribution in [2.75, 3.05) is 24.3 Å². The normalized spacial score (nSPS) is 12.5. The topological polar surface area (TPSA) is 88.0 Å². The number of hydrogen-bond acceptors (Lipinski definition) is 3. The molecular weight excluding hydrogens is 262 g/mol. The maximum atomic E-state index is 11.9. The molecule has 1 amide bonds. The summed E-state index contributed by atoms with van der Waals surface area (Å²) < 4.78 is 10.9. The van der Waals surface area contributed by atoms with Crippen molar-refractivity contribution < 1.29 is 9.00 Å². The minimum absolute atomic E-state index is 0.169. The lowest BCUT2D eigenvalue weighted by molar-refractivity contribution is 0.0949. The largest absolute Gasteiger partial charge is 0.397 e. The van der Waals surface area contributed by atoms with Gasteiger partial charge in [-0.2, -0.15) is 0 Å². The van der Waals surface area contributed by atoms with Gasteiger partial charge in [-0.25, -0.2) is 0 Å². The molecule has 5 nitrogen and oxygen atoms in total. The number of amides is 1. The van der Waals surface area contributed by atoms with Gasteiger partial charge in [0.1, 0.15) is 5.69 Å². The number of carbonyl (C=O) groups excluding carboxylic acids is 1. The van der Waals surface area contributed by atoms with Gasteiger partial charge in [-0.15, -0.1) is 0 Å². The average molecular weight is 279 g/mol. The number of H-pyrrole nitrogens is 1. The van der Waals surface area contributed by atoms with Gasteiger partial charge in [0.05, 0.1) is 11.2 Å². The Morgan fingerprint density at radius 1 is 1.47 bits per heavy atom. The average Bonchev–Trinajstić information content (AvgIpc) is 2.79. The van der Waals surface area contributed by atoms with Gasteiger partial charge >= 0.3 is 0 Å². The molecule has 0 saturated carbocycles. The van der Waals surface area contributed by atoms with E-state index in [-0.39, 0.29) is 5.91 Å². The SMILES string of the molecule is CS(=O)CCCNC(=O)c1cc2cccc(N)c2[nH]1. The molecule has 1 heterocycles. The Balaban J connectivity index is 2.01. The second kappa shape index (κ2) is 5.88. The van der Waals surface area contributed by atoms with Gasteiger partial charge in [-0.05, 0) is 18.6 Å². The fourth-order valence-electron chi connectivity index (χ4n) is 1.87. The van der Waals surface area contributed by atoms with Gasteiger partial charge in [0.25, 0.3) is 5.91 Å². The summed E-state index contributed by atoms with van der Waals surface area (Å²) in [5.41, 5.74) is 7.72. The lowest BCUT2D eigenvalue weighted by Gasteiger charge is -2.02. The molecule has 1 unspecified atom stereocenters. The number of rotatable bonds is 5. The fraction of sp³-hybridized carbons (Fsp3) is 0.308. The van der Waals surface area contributed by atoms with Crippen molar-refractivity contribution in [2.45, 2.75) is 6.42 Å². The van der Waals surface area contributed by atoms with Crippen molar-refractivity contribution in [2.24, 2.45) is 0 Å². The molecule has 0 aliphatic heterocycles. The van der Waals surface area contributed by atoms with E-state index in [9.17, 15) is 9.00 Å². The monoisotopic (exact) mass is 279 g/mol. The molecular formula is C13H17N3O2S. The van der Waals surface area contributed by atoms with E-state index in [1.165, 1.54) is 0 Å². The molecule has 2 aromatic rings. The summed E-state index contributed by atoms with van der Waals surface area (Å²) in [6, 6.07) is 7.32. The number of nitrogens with two attached hydrogens (primary N) is 1. The number of hydrogen-bond donors (Lipinski definition) is 3. The van der Waals surface area contributed by atoms with Crippen LogP contribution in [0.5, 0.6) is 0 Å². The van der Waals surface area contributed by atoms with Crippen LogP contribution in [0.2, 0.25) is 0 Å². The third-order valence-corrected chi connectivity index (χ3v) is 3.69. The number of nitrogens with one attached hydrogen (secondary N) is 2. The second-order valence-electron chi connectivity index (χ2n) is 4.38. The van der Waals surface area contributed by atoms with Crippen molar-refractivity contribution in [1.82, 2.24) is 10.3 Å². The number of aromatic amines is 1. The molecule has 0 aliphatic carbocycles. The maximum Gasteiger partial charge on any atom is 0.267 e. The number of aromatic nitrogens is 1. The van der Waals surface area contributed by atoms with Crippen LogP contribution in [0.4, 0.5) is 5.69 Å². The summed E-state index contributed by atoms with van der Waals surface area (Å²) in [4.78, 5) is 14.9. The van der Waals surface area contributed by atoms with E-state index in [4.69, 9.17) is 5.73 Å². The highest BCUT2D eigenvalue weighted by Gasteiger charge is 2.10. The van der Waals surface area contributed by atoms with Crippen molar-refractivity contribution in [3.63, 3.8) is 0 Å². The van der Waals surface area contributed by atoms with E-state index in [1.807, 2.05) is 12.1 Å². The predicted molar refractivity (Wildman–Crippen MR) is 78.6 cm³/mol. The van der Waals surface area contributed by atoms with Gasteiger partial charge in [0.15, 0.2) is 0 Å². The van der Waals surface area contributed by atoms with E-state index in [0.29, 0.717) is 30.1 Å². The number of fused-ring (bicyclic) bond motifs is 1. The highest BCUT2D eigenvalue weighted by Crippen LogP contribution is 2.20. The highest BCUT2D eigenvalue weighted by atomic mass is 32.2. The molecule has 0 saturated heterocycles. The number of anilines is 1. The third kappa shape index (κ3) is 3.35. The van der Waals surface area contributed by atoms with E-state index >= 15 is 0 Å². The fourth-order valence-corrected chi connectivity index (χ4v) is 2.43. The van der Waals surface area contributed by atoms with Crippen LogP contribution >= 0.6 is 0 Å². The lowest BCUT2D eigenvalue weighted by atomic mass is 10.2. The molecule has 2 rings (SSSR count). The van der Waals surface area contributed by atoms with Crippen molar-refractivity contribution in [3.8, 4) is 0 Å². The molecule has 102 valence electrons. The Labute approximate surface area is 114 Å². The highest BCUT2D eigenvalue weighted by molar-refractivity contribution is 7.84. The predicted octanol–water partition coefficient (Wildman–Crippen LogP) is 1.25. The van der Waals surface area contributed by atoms with Gasteiger partial charge in [-0.1, -0.05) is 12.1 Å². The molecule has 0 fully saturated rings. The molecule has 6 heteroatoms. The summed E-state index contributed by atoms with van der Waals surface area (Å²) in [7, 11) is -0.816. The Morgan fingerprint density at radius 3 is 2.95 bits per heavy atom. The van der Waals surface area contributed by atoms with E-state index in [0.717, 1.165) is 10.9 Å². The number of carbonyl (C=O) groups is 1. The quantitative estimate of drug-likeness (QED) is 0.568. The van der Waals surface area contributed by atoms with Crippen LogP contribution < -0.4 is 11.1 Å². The third-order valence-electron chi connectivity index (χ3n) is 2.83. The molecule has 0 aliphatic rings. The van der Waals surface area contributed by atoms with Crippen LogP contribution in [0.3, 0.4) is 0 Å². The van der Waals surface area contributed by atoms with Crippen molar-refractivity contribution in [3.05, 3.63) is 30.0 Å². The maximum absolute atomic E-state index is 11.9. The zero-order valence-corrected chi connectivity index (χ0v) is 11.5. The zero-order valence-electron chi connectivity index (χ0n) is 10.7. The Morgan fingerprint density at radius 2 is 2.26 bits per heavy atom. The first kappa shape index (κ1) is 13.6. The van der Waals surface area contributed by atoms with Crippen LogP contribution in [0.15, 0.2) is 24.3 Å². The molecule has 1 aromatic heterocycles. The molecule has 4 N–H and O–H groups in total. The van der Waals surface area contributed by atoms with E-state index in [1.54, 1.807) is 18.4 Å². The minimum Gasteiger partial charge on any atom is -0.397 e. The van der Waals surface area contributed by atoms with Crippen LogP contribution in [0.1, 0.15) is 16.9 Å². The first-order valence-corrected chi connectivity index (χ1v) is 7.76. The van der Waals surface area contributed by atoms with Crippen LogP contribution in [-0.2, 0) is 10.8 Å². The molecule has 0 bridgehead atoms. The Hall–Kier alpha value is -1.82. The molecule has 0 spiro atoms. The van der Waals surface area contributed by atoms with Gasteiger partial charge < -0.3 is 16.0 Å². The summed E-state index contributed by atoms with van der Waals surface area (Å²) in [5, 5.41) is 3.71. The van der Waals surface area contributed by atoms with E-state index in [2.05, 4.69) is 10.3 Å². The van der Waals surface area contributed by atoms with Crippen LogP contribution in [0.25, 0.3) is 10.9 Å². The molecule has 1 aromatic carbocycles. The number of benzene rings is 1. The van der Waals surface area contributed by atoms with Gasteiger partial charge in [0.2, 0.25) is 0 Å². The summed E-state index contributed by atoms with van der Waals surface area (Å²) in [6.07, 6.45) is 2.36. The lowest BCUT2D eigenvalue weighted by Crippen LogP contribution is -2.25. The summed E-state index contributed by atoms with van der Waals surface area (Å²) in [5.74, 6) is 0.428. The van der Waals surface area contributed by atoms with Crippen molar-refractivity contribution >= 4 is 33.3 Å². The summed E-state index contributed by atoms with van der Waals surface area (Å²) in [6.45, 7) is 0.517. The van der Waals surface area contributed by atoms with Crippen molar-refractivity contribution in [1.29, 1.82) is 0 Å². The Bertz CT molecular complexity index is 621. The second-order valence-corrected chi connectivity index (χ2v) is 5.94. The first-order chi connectivity index (χ1) is 9.08. The van der Waals surface area contributed by atoms with E-state index < -0.39 is 10.8 Å². The van der Waals surface area contributed by atoms with Crippen LogP contribution in [0, 0.1) is 0 Å². The molecule has 0 radical (unpaired) electrons. The smallest absolute Gasteiger partial charge is 0.267 e. The molecule has 19 heavy (non-hydrogen) atoms. The number of nitrogen functional groups attached to an aromatic ring is 1. The minimum atomic E-state index is -0.816. The zero-order chi connectivity index (χ0) is 13.8. The molecule has 1 atom stereocenters. The summed E-state index contributed by atoms with van der Waals surface area (Å²) >= 11 is 0. The van der Waals surface area contributed by atoms with Crippen LogP contribution in [-0.4, -0.2) is 33.7 Å². The van der Waals surface area contributed by atoms with Gasteiger partial charge in [0, 0.05) is 34.7 Å². The van der Waals surface area contributed by atoms with Gasteiger partial charge in [-0.3, -0.25) is 9.00 Å².